The van der Waals surface area contributed by atoms with Gasteiger partial charge in [0.15, 0.2) is 0 Å². The number of aliphatic imine (C=N–C) groups is 1. The molecule has 2 amide bonds. The lowest BCUT2D eigenvalue weighted by Gasteiger charge is -2.33. The van der Waals surface area contributed by atoms with Crippen LogP contribution in [0, 0.1) is 17.2 Å². The molecular formula is C16H15N5O3. The van der Waals surface area contributed by atoms with Gasteiger partial charge in [0.25, 0.3) is 11.8 Å². The molecule has 2 atom stereocenters. The van der Waals surface area contributed by atoms with Crippen molar-refractivity contribution in [2.45, 2.75) is 18.9 Å². The Morgan fingerprint density at radius 2 is 2.21 bits per heavy atom. The third-order valence-corrected chi connectivity index (χ3v) is 3.83. The second-order valence-electron chi connectivity index (χ2n) is 5.49. The van der Waals surface area contributed by atoms with Crippen molar-refractivity contribution in [1.29, 1.82) is 5.26 Å². The molecule has 2 unspecified atom stereocenters. The normalized spacial score (nSPS) is 23.0. The molecule has 3 heterocycles. The summed E-state index contributed by atoms with van der Waals surface area (Å²) in [5.41, 5.74) is 0.127. The van der Waals surface area contributed by atoms with Crippen molar-refractivity contribution in [2.75, 3.05) is 13.1 Å². The first-order valence-corrected chi connectivity index (χ1v) is 7.60. The first-order valence-electron chi connectivity index (χ1n) is 7.60. The highest BCUT2D eigenvalue weighted by atomic mass is 16.5. The van der Waals surface area contributed by atoms with E-state index in [-0.39, 0.29) is 29.5 Å². The van der Waals surface area contributed by atoms with Crippen molar-refractivity contribution >= 4 is 18.0 Å². The van der Waals surface area contributed by atoms with Crippen LogP contribution in [0.3, 0.4) is 0 Å². The van der Waals surface area contributed by atoms with Crippen LogP contribution in [-0.4, -0.2) is 52.1 Å². The average molecular weight is 325 g/mol. The molecule has 0 aliphatic carbocycles. The molecule has 0 saturated carbocycles. The summed E-state index contributed by atoms with van der Waals surface area (Å²) < 4.78 is 5.77. The van der Waals surface area contributed by atoms with Gasteiger partial charge in [0.2, 0.25) is 11.6 Å². The van der Waals surface area contributed by atoms with Crippen molar-refractivity contribution in [3.63, 3.8) is 0 Å². The van der Waals surface area contributed by atoms with Gasteiger partial charge >= 0.3 is 0 Å². The molecule has 8 heteroatoms. The number of nitrogens with zero attached hydrogens (tertiary/aromatic N) is 5. The molecule has 2 aliphatic rings. The van der Waals surface area contributed by atoms with Crippen molar-refractivity contribution in [3.8, 4) is 11.9 Å². The molecule has 1 saturated heterocycles. The fraction of sp³-hybridized carbons (Fsp3) is 0.375. The van der Waals surface area contributed by atoms with E-state index in [0.717, 1.165) is 12.8 Å². The third kappa shape index (κ3) is 3.46. The number of amides is 2. The van der Waals surface area contributed by atoms with E-state index in [0.29, 0.717) is 13.1 Å². The topological polar surface area (TPSA) is 109 Å². The van der Waals surface area contributed by atoms with Crippen molar-refractivity contribution in [2.24, 2.45) is 10.9 Å². The smallest absolute Gasteiger partial charge is 0.269 e. The predicted molar refractivity (Wildman–Crippen MR) is 83.1 cm³/mol. The van der Waals surface area contributed by atoms with E-state index in [1.54, 1.807) is 11.0 Å². The van der Waals surface area contributed by atoms with Gasteiger partial charge in [0.05, 0.1) is 12.5 Å². The number of ether oxygens (including phenoxy) is 1. The molecule has 2 aliphatic heterocycles. The van der Waals surface area contributed by atoms with Gasteiger partial charge in [0.1, 0.15) is 12.2 Å². The van der Waals surface area contributed by atoms with Crippen molar-refractivity contribution in [1.82, 2.24) is 14.9 Å². The van der Waals surface area contributed by atoms with Crippen LogP contribution in [0.5, 0.6) is 5.88 Å². The highest BCUT2D eigenvalue weighted by molar-refractivity contribution is 6.05. The molecule has 0 radical (unpaired) electrons. The Bertz CT molecular complexity index is 736. The summed E-state index contributed by atoms with van der Waals surface area (Å²) in [6, 6.07) is 1.94. The van der Waals surface area contributed by atoms with Gasteiger partial charge in [-0.1, -0.05) is 6.08 Å². The molecule has 0 bridgehead atoms. The molecular weight excluding hydrogens is 310 g/mol. The van der Waals surface area contributed by atoms with Crippen LogP contribution in [-0.2, 0) is 9.59 Å². The molecule has 0 spiro atoms. The van der Waals surface area contributed by atoms with Crippen molar-refractivity contribution in [3.05, 3.63) is 30.2 Å². The van der Waals surface area contributed by atoms with E-state index in [1.165, 1.54) is 24.7 Å². The zero-order valence-corrected chi connectivity index (χ0v) is 12.8. The molecule has 1 aromatic heterocycles. The average Bonchev–Trinajstić information content (AvgIpc) is 2.62. The van der Waals surface area contributed by atoms with Crippen LogP contribution in [0.25, 0.3) is 0 Å². The van der Waals surface area contributed by atoms with Gasteiger partial charge in [-0.15, -0.1) is 0 Å². The molecule has 3 rings (SSSR count). The Kier molecular flexibility index (Phi) is 4.61. The van der Waals surface area contributed by atoms with E-state index in [4.69, 9.17) is 10.00 Å². The summed E-state index contributed by atoms with van der Waals surface area (Å²) in [7, 11) is 0. The number of carbonyl (C=O) groups is 2. The molecule has 122 valence electrons. The zero-order chi connectivity index (χ0) is 16.9. The molecule has 0 N–H and O–H groups in total. The van der Waals surface area contributed by atoms with Crippen LogP contribution in [0.15, 0.2) is 29.5 Å². The largest absolute Gasteiger partial charge is 0.470 e. The monoisotopic (exact) mass is 325 g/mol. The molecule has 0 aromatic carbocycles. The van der Waals surface area contributed by atoms with Crippen LogP contribution >= 0.6 is 0 Å². The van der Waals surface area contributed by atoms with Crippen LogP contribution in [0.1, 0.15) is 18.5 Å². The SMILES string of the molecule is N#Cc1nccnc1OC1CCCN(C(=O)C2C=CC(=O)N=C2)C1. The maximum absolute atomic E-state index is 12.5. The van der Waals surface area contributed by atoms with Crippen LogP contribution in [0.4, 0.5) is 0 Å². The first kappa shape index (κ1) is 15.8. The number of rotatable bonds is 3. The fourth-order valence-electron chi connectivity index (χ4n) is 2.67. The summed E-state index contributed by atoms with van der Waals surface area (Å²) >= 11 is 0. The van der Waals surface area contributed by atoms with Gasteiger partial charge in [-0.2, -0.15) is 5.26 Å². The van der Waals surface area contributed by atoms with E-state index in [1.807, 2.05) is 6.07 Å². The second-order valence-corrected chi connectivity index (χ2v) is 5.49. The maximum Gasteiger partial charge on any atom is 0.269 e. The number of likely N-dealkylation sites (tertiary alicyclic amines) is 1. The quantitative estimate of drug-likeness (QED) is 0.800. The van der Waals surface area contributed by atoms with Gasteiger partial charge < -0.3 is 9.64 Å². The number of hydrogen-bond donors (Lipinski definition) is 0. The number of hydrogen-bond acceptors (Lipinski definition) is 6. The third-order valence-electron chi connectivity index (χ3n) is 3.83. The minimum Gasteiger partial charge on any atom is -0.470 e. The summed E-state index contributed by atoms with van der Waals surface area (Å²) in [5, 5.41) is 9.03. The number of carbonyl (C=O) groups excluding carboxylic acids is 2. The van der Waals surface area contributed by atoms with Gasteiger partial charge in [-0.25, -0.2) is 15.0 Å². The fourth-order valence-corrected chi connectivity index (χ4v) is 2.67. The lowest BCUT2D eigenvalue weighted by Crippen LogP contribution is -2.47. The predicted octanol–water partition coefficient (Wildman–Crippen LogP) is 0.501. The van der Waals surface area contributed by atoms with E-state index < -0.39 is 5.92 Å². The number of nitriles is 1. The van der Waals surface area contributed by atoms with Gasteiger partial charge in [-0.05, 0) is 12.8 Å². The summed E-state index contributed by atoms with van der Waals surface area (Å²) in [5.74, 6) is -0.808. The Morgan fingerprint density at radius 1 is 1.38 bits per heavy atom. The lowest BCUT2D eigenvalue weighted by atomic mass is 10.0. The summed E-state index contributed by atoms with van der Waals surface area (Å²) in [6.07, 6.45) is 8.41. The van der Waals surface area contributed by atoms with E-state index in [9.17, 15) is 9.59 Å². The number of piperidine rings is 1. The maximum atomic E-state index is 12.5. The zero-order valence-electron chi connectivity index (χ0n) is 12.8. The van der Waals surface area contributed by atoms with Crippen molar-refractivity contribution < 1.29 is 14.3 Å². The Labute approximate surface area is 138 Å². The molecule has 24 heavy (non-hydrogen) atoms. The summed E-state index contributed by atoms with van der Waals surface area (Å²) in [6.45, 7) is 1.02. The first-order chi connectivity index (χ1) is 11.7. The number of dihydropyridines is 1. The highest BCUT2D eigenvalue weighted by Gasteiger charge is 2.29. The molecule has 8 nitrogen and oxygen atoms in total. The Hall–Kier alpha value is -3.08. The minimum absolute atomic E-state index is 0.115. The second kappa shape index (κ2) is 7.00. The van der Waals surface area contributed by atoms with Crippen LogP contribution in [0.2, 0.25) is 0 Å². The van der Waals surface area contributed by atoms with E-state index in [2.05, 4.69) is 15.0 Å². The highest BCUT2D eigenvalue weighted by Crippen LogP contribution is 2.20. The Morgan fingerprint density at radius 3 is 2.96 bits per heavy atom. The lowest BCUT2D eigenvalue weighted by molar-refractivity contribution is -0.134. The van der Waals surface area contributed by atoms with Crippen LogP contribution < -0.4 is 4.74 Å². The van der Waals surface area contributed by atoms with Gasteiger partial charge in [-0.3, -0.25) is 9.59 Å². The molecule has 1 fully saturated rings. The standard InChI is InChI=1S/C16H15N5O3/c17-8-13-15(19-6-5-18-13)24-12-2-1-7-21(10-12)16(23)11-3-4-14(22)20-9-11/h3-6,9,11-12H,1-2,7,10H2. The minimum atomic E-state index is -0.521. The summed E-state index contributed by atoms with van der Waals surface area (Å²) in [4.78, 5) is 36.9. The van der Waals surface area contributed by atoms with E-state index >= 15 is 0 Å². The molecule has 1 aromatic rings. The Balaban J connectivity index is 1.65. The number of aromatic nitrogens is 2. The van der Waals surface area contributed by atoms with Gasteiger partial charge in [0, 0.05) is 31.2 Å².